The number of aromatic nitrogens is 3. The summed E-state index contributed by atoms with van der Waals surface area (Å²) in [6, 6.07) is 7.53. The van der Waals surface area contributed by atoms with Gasteiger partial charge in [0.15, 0.2) is 5.65 Å². The van der Waals surface area contributed by atoms with E-state index >= 15 is 0 Å². The summed E-state index contributed by atoms with van der Waals surface area (Å²) in [7, 11) is 0. The predicted molar refractivity (Wildman–Crippen MR) is 101 cm³/mol. The molecule has 0 spiro atoms. The monoisotopic (exact) mass is 352 g/mol. The first-order valence-electron chi connectivity index (χ1n) is 9.30. The van der Waals surface area contributed by atoms with Gasteiger partial charge in [-0.3, -0.25) is 14.2 Å². The van der Waals surface area contributed by atoms with Crippen molar-refractivity contribution in [2.75, 3.05) is 0 Å². The molecule has 0 unspecified atom stereocenters. The molecule has 6 heteroatoms. The van der Waals surface area contributed by atoms with Crippen LogP contribution in [0.5, 0.6) is 0 Å². The van der Waals surface area contributed by atoms with Crippen molar-refractivity contribution in [1.82, 2.24) is 19.3 Å². The average Bonchev–Trinajstić information content (AvgIpc) is 3.13. The maximum Gasteiger partial charge on any atom is 0.276 e. The molecule has 1 N–H and O–H groups in total. The highest BCUT2D eigenvalue weighted by molar-refractivity contribution is 5.80. The Morgan fingerprint density at radius 2 is 2.04 bits per heavy atom. The summed E-state index contributed by atoms with van der Waals surface area (Å²) in [5.41, 5.74) is 1.71. The molecule has 0 bridgehead atoms. The second kappa shape index (κ2) is 6.59. The van der Waals surface area contributed by atoms with Gasteiger partial charge in [-0.05, 0) is 42.5 Å². The first kappa shape index (κ1) is 16.8. The van der Waals surface area contributed by atoms with Crippen LogP contribution in [-0.4, -0.2) is 25.9 Å². The highest BCUT2D eigenvalue weighted by Crippen LogP contribution is 2.29. The lowest BCUT2D eigenvalue weighted by Crippen LogP contribution is -2.45. The van der Waals surface area contributed by atoms with Crippen LogP contribution >= 0.6 is 0 Å². The van der Waals surface area contributed by atoms with Gasteiger partial charge in [-0.15, -0.1) is 0 Å². The molecule has 136 valence electrons. The fourth-order valence-corrected chi connectivity index (χ4v) is 4.11. The number of fused-ring (bicyclic) bond motifs is 3. The van der Waals surface area contributed by atoms with Gasteiger partial charge in [0, 0.05) is 18.4 Å². The smallest absolute Gasteiger partial charge is 0.276 e. The number of pyridine rings is 1. The van der Waals surface area contributed by atoms with Crippen LogP contribution in [0.25, 0.3) is 16.7 Å². The Hall–Kier alpha value is -2.63. The SMILES string of the molecule is C[C@H]1[C@H](C)CCC[C@H]1NC(=O)Cn1c(=O)c2cccn2c2cccnc21. The molecular weight excluding hydrogens is 328 g/mol. The summed E-state index contributed by atoms with van der Waals surface area (Å²) in [4.78, 5) is 29.9. The van der Waals surface area contributed by atoms with Crippen LogP contribution in [0.3, 0.4) is 0 Å². The maximum absolute atomic E-state index is 12.9. The second-order valence-electron chi connectivity index (χ2n) is 7.44. The van der Waals surface area contributed by atoms with E-state index in [9.17, 15) is 9.59 Å². The largest absolute Gasteiger partial charge is 0.352 e. The second-order valence-corrected chi connectivity index (χ2v) is 7.44. The maximum atomic E-state index is 12.9. The van der Waals surface area contributed by atoms with E-state index in [-0.39, 0.29) is 24.1 Å². The zero-order valence-electron chi connectivity index (χ0n) is 15.2. The summed E-state index contributed by atoms with van der Waals surface area (Å²) in [6.45, 7) is 4.43. The third kappa shape index (κ3) is 2.79. The highest BCUT2D eigenvalue weighted by Gasteiger charge is 2.28. The molecule has 3 aromatic heterocycles. The number of nitrogens with zero attached hydrogens (tertiary/aromatic N) is 3. The zero-order chi connectivity index (χ0) is 18.3. The van der Waals surface area contributed by atoms with Crippen molar-refractivity contribution in [2.45, 2.75) is 45.7 Å². The average molecular weight is 352 g/mol. The molecule has 3 aromatic rings. The molecule has 1 amide bonds. The van der Waals surface area contributed by atoms with Crippen molar-refractivity contribution >= 4 is 22.6 Å². The molecule has 26 heavy (non-hydrogen) atoms. The number of rotatable bonds is 3. The molecule has 1 saturated carbocycles. The van der Waals surface area contributed by atoms with Crippen LogP contribution < -0.4 is 10.9 Å². The van der Waals surface area contributed by atoms with Gasteiger partial charge in [-0.2, -0.15) is 0 Å². The van der Waals surface area contributed by atoms with E-state index in [2.05, 4.69) is 24.1 Å². The Labute approximate surface area is 151 Å². The number of carbonyl (C=O) groups is 1. The minimum absolute atomic E-state index is 0.00831. The normalized spacial score (nSPS) is 23.4. The number of amides is 1. The Morgan fingerprint density at radius 3 is 2.88 bits per heavy atom. The van der Waals surface area contributed by atoms with E-state index in [1.807, 2.05) is 28.8 Å². The van der Waals surface area contributed by atoms with Crippen LogP contribution in [0.4, 0.5) is 0 Å². The summed E-state index contributed by atoms with van der Waals surface area (Å²) in [5, 5.41) is 3.15. The van der Waals surface area contributed by atoms with Crippen LogP contribution in [0.15, 0.2) is 41.5 Å². The van der Waals surface area contributed by atoms with Gasteiger partial charge >= 0.3 is 0 Å². The summed E-state index contributed by atoms with van der Waals surface area (Å²) >= 11 is 0. The van der Waals surface area contributed by atoms with Gasteiger partial charge in [0.2, 0.25) is 5.91 Å². The van der Waals surface area contributed by atoms with Gasteiger partial charge < -0.3 is 9.72 Å². The van der Waals surface area contributed by atoms with E-state index in [4.69, 9.17) is 0 Å². The molecule has 3 atom stereocenters. The minimum atomic E-state index is -0.193. The van der Waals surface area contributed by atoms with Crippen LogP contribution in [0.1, 0.15) is 33.1 Å². The Balaban J connectivity index is 1.67. The molecule has 1 fully saturated rings. The van der Waals surface area contributed by atoms with Crippen molar-refractivity contribution in [1.29, 1.82) is 0 Å². The lowest BCUT2D eigenvalue weighted by Gasteiger charge is -2.34. The Bertz CT molecular complexity index is 1020. The Kier molecular flexibility index (Phi) is 4.26. The molecular formula is C20H24N4O2. The quantitative estimate of drug-likeness (QED) is 0.788. The highest BCUT2D eigenvalue weighted by atomic mass is 16.2. The van der Waals surface area contributed by atoms with Crippen molar-refractivity contribution in [3.05, 3.63) is 47.0 Å². The Morgan fingerprint density at radius 1 is 1.23 bits per heavy atom. The molecule has 4 rings (SSSR count). The molecule has 0 radical (unpaired) electrons. The van der Waals surface area contributed by atoms with E-state index in [0.29, 0.717) is 23.0 Å². The third-order valence-corrected chi connectivity index (χ3v) is 5.85. The van der Waals surface area contributed by atoms with Gasteiger partial charge in [0.1, 0.15) is 12.1 Å². The number of hydrogen-bond acceptors (Lipinski definition) is 3. The standard InChI is InChI=1S/C20H24N4O2/c1-13-6-3-7-15(14(13)2)22-18(25)12-24-19-16(8-4-10-21-19)23-11-5-9-17(23)20(24)26/h4-5,8-11,13-15H,3,6-7,12H2,1-2H3,(H,22,25)/t13-,14+,15-/m1/s1. The van der Waals surface area contributed by atoms with Gasteiger partial charge in [0.25, 0.3) is 5.56 Å². The fourth-order valence-electron chi connectivity index (χ4n) is 4.11. The third-order valence-electron chi connectivity index (χ3n) is 5.85. The molecule has 1 aliphatic carbocycles. The van der Waals surface area contributed by atoms with Crippen molar-refractivity contribution in [3.8, 4) is 0 Å². The molecule has 6 nitrogen and oxygen atoms in total. The predicted octanol–water partition coefficient (Wildman–Crippen LogP) is 2.59. The van der Waals surface area contributed by atoms with E-state index in [0.717, 1.165) is 18.4 Å². The molecule has 0 aromatic carbocycles. The topological polar surface area (TPSA) is 68.4 Å². The van der Waals surface area contributed by atoms with Crippen LogP contribution in [0, 0.1) is 11.8 Å². The number of carbonyl (C=O) groups excluding carboxylic acids is 1. The fraction of sp³-hybridized carbons (Fsp3) is 0.450. The summed E-state index contributed by atoms with van der Waals surface area (Å²) in [5.74, 6) is 0.935. The van der Waals surface area contributed by atoms with Crippen molar-refractivity contribution < 1.29 is 4.79 Å². The molecule has 0 saturated heterocycles. The summed E-state index contributed by atoms with van der Waals surface area (Å²) in [6.07, 6.45) is 6.85. The summed E-state index contributed by atoms with van der Waals surface area (Å²) < 4.78 is 3.31. The zero-order valence-corrected chi connectivity index (χ0v) is 15.2. The van der Waals surface area contributed by atoms with Gasteiger partial charge in [-0.25, -0.2) is 4.98 Å². The molecule has 3 heterocycles. The van der Waals surface area contributed by atoms with Gasteiger partial charge in [-0.1, -0.05) is 26.7 Å². The van der Waals surface area contributed by atoms with Crippen molar-refractivity contribution in [2.24, 2.45) is 11.8 Å². The van der Waals surface area contributed by atoms with E-state index < -0.39 is 0 Å². The van der Waals surface area contributed by atoms with E-state index in [1.54, 1.807) is 12.3 Å². The first-order chi connectivity index (χ1) is 12.6. The van der Waals surface area contributed by atoms with Crippen LogP contribution in [0.2, 0.25) is 0 Å². The van der Waals surface area contributed by atoms with Gasteiger partial charge in [0.05, 0.1) is 5.52 Å². The molecule has 1 aliphatic rings. The van der Waals surface area contributed by atoms with Crippen molar-refractivity contribution in [3.63, 3.8) is 0 Å². The minimum Gasteiger partial charge on any atom is -0.352 e. The number of hydrogen-bond donors (Lipinski definition) is 1. The lowest BCUT2D eigenvalue weighted by molar-refractivity contribution is -0.123. The molecule has 0 aliphatic heterocycles. The van der Waals surface area contributed by atoms with Crippen LogP contribution in [-0.2, 0) is 11.3 Å². The first-order valence-corrected chi connectivity index (χ1v) is 9.30. The lowest BCUT2D eigenvalue weighted by atomic mass is 9.78. The number of nitrogens with one attached hydrogen (secondary N) is 1. The van der Waals surface area contributed by atoms with E-state index in [1.165, 1.54) is 11.0 Å².